The Morgan fingerprint density at radius 1 is 1.19 bits per heavy atom. The van der Waals surface area contributed by atoms with Crippen molar-refractivity contribution in [1.82, 2.24) is 0 Å². The van der Waals surface area contributed by atoms with Crippen LogP contribution in [-0.4, -0.2) is 35.6 Å². The average Bonchev–Trinajstić information content (AvgIpc) is 2.36. The second-order valence-electron chi connectivity index (χ2n) is 3.63. The van der Waals surface area contributed by atoms with Crippen LogP contribution in [0.2, 0.25) is 0 Å². The lowest BCUT2D eigenvalue weighted by Crippen LogP contribution is -2.11. The molecule has 0 heterocycles. The molecule has 1 aromatic carbocycles. The van der Waals surface area contributed by atoms with Crippen LogP contribution < -0.4 is 9.26 Å². The van der Waals surface area contributed by atoms with E-state index in [1.54, 1.807) is 0 Å². The van der Waals surface area contributed by atoms with E-state index < -0.39 is 26.6 Å². The van der Waals surface area contributed by atoms with Crippen molar-refractivity contribution in [3.63, 3.8) is 0 Å². The SMILES string of the molecule is COc1cc(C(=O)OCOC(C)=O)ccc1OP(=O)(O)O. The molecule has 0 saturated heterocycles. The van der Waals surface area contributed by atoms with Gasteiger partial charge >= 0.3 is 19.8 Å². The van der Waals surface area contributed by atoms with E-state index in [1.165, 1.54) is 19.2 Å². The van der Waals surface area contributed by atoms with Crippen LogP contribution in [0.5, 0.6) is 11.5 Å². The highest BCUT2D eigenvalue weighted by molar-refractivity contribution is 7.46. The summed E-state index contributed by atoms with van der Waals surface area (Å²) in [4.78, 5) is 39.6. The molecule has 1 aromatic rings. The van der Waals surface area contributed by atoms with E-state index in [-0.39, 0.29) is 17.1 Å². The number of phosphoric ester groups is 1. The minimum atomic E-state index is -4.75. The van der Waals surface area contributed by atoms with Gasteiger partial charge in [0.05, 0.1) is 12.7 Å². The van der Waals surface area contributed by atoms with Gasteiger partial charge in [-0.1, -0.05) is 0 Å². The number of phosphoric acid groups is 1. The molecule has 2 N–H and O–H groups in total. The van der Waals surface area contributed by atoms with Crippen LogP contribution in [-0.2, 0) is 18.8 Å². The van der Waals surface area contributed by atoms with Crippen molar-refractivity contribution in [1.29, 1.82) is 0 Å². The summed E-state index contributed by atoms with van der Waals surface area (Å²) in [5.74, 6) is -1.72. The average molecular weight is 320 g/mol. The lowest BCUT2D eigenvalue weighted by atomic mass is 10.2. The first kappa shape index (κ1) is 17.0. The van der Waals surface area contributed by atoms with Gasteiger partial charge in [0.25, 0.3) is 0 Å². The predicted octanol–water partition coefficient (Wildman–Crippen LogP) is 0.844. The zero-order chi connectivity index (χ0) is 16.0. The van der Waals surface area contributed by atoms with E-state index >= 15 is 0 Å². The molecule has 0 aliphatic carbocycles. The Balaban J connectivity index is 2.84. The quantitative estimate of drug-likeness (QED) is 0.445. The number of esters is 2. The third-order valence-corrected chi connectivity index (χ3v) is 2.50. The fourth-order valence-corrected chi connectivity index (χ4v) is 1.65. The molecule has 0 amide bonds. The van der Waals surface area contributed by atoms with Gasteiger partial charge in [-0.3, -0.25) is 14.6 Å². The smallest absolute Gasteiger partial charge is 0.493 e. The van der Waals surface area contributed by atoms with Crippen LogP contribution in [0.25, 0.3) is 0 Å². The highest BCUT2D eigenvalue weighted by Crippen LogP contribution is 2.42. The molecule has 10 heteroatoms. The molecule has 0 unspecified atom stereocenters. The van der Waals surface area contributed by atoms with Gasteiger partial charge in [-0.2, -0.15) is 0 Å². The standard InChI is InChI=1S/C11H13O9P/c1-7(12)18-6-19-11(13)8-3-4-9(10(5-8)17-2)20-21(14,15)16/h3-5H,6H2,1-2H3,(H2,14,15,16). The Kier molecular flexibility index (Phi) is 5.71. The summed E-state index contributed by atoms with van der Waals surface area (Å²) in [6.45, 7) is 0.613. The van der Waals surface area contributed by atoms with Crippen molar-refractivity contribution in [2.75, 3.05) is 13.9 Å². The van der Waals surface area contributed by atoms with Crippen LogP contribution in [0.3, 0.4) is 0 Å². The molecular formula is C11H13O9P. The summed E-state index contributed by atoms with van der Waals surface area (Å²) >= 11 is 0. The third-order valence-electron chi connectivity index (χ3n) is 2.07. The Bertz CT molecular complexity index is 577. The van der Waals surface area contributed by atoms with E-state index in [9.17, 15) is 14.2 Å². The Hall–Kier alpha value is -2.09. The van der Waals surface area contributed by atoms with Crippen LogP contribution in [0, 0.1) is 0 Å². The monoisotopic (exact) mass is 320 g/mol. The largest absolute Gasteiger partial charge is 0.524 e. The zero-order valence-corrected chi connectivity index (χ0v) is 12.0. The summed E-state index contributed by atoms with van der Waals surface area (Å²) in [7, 11) is -3.52. The Morgan fingerprint density at radius 3 is 2.38 bits per heavy atom. The van der Waals surface area contributed by atoms with Crippen molar-refractivity contribution in [3.05, 3.63) is 23.8 Å². The normalized spacial score (nSPS) is 10.7. The van der Waals surface area contributed by atoms with Crippen molar-refractivity contribution in [2.24, 2.45) is 0 Å². The van der Waals surface area contributed by atoms with Crippen LogP contribution in [0.15, 0.2) is 18.2 Å². The third kappa shape index (κ3) is 5.82. The van der Waals surface area contributed by atoms with Crippen LogP contribution in [0.1, 0.15) is 17.3 Å². The molecule has 1 rings (SSSR count). The van der Waals surface area contributed by atoms with Crippen molar-refractivity contribution in [3.8, 4) is 11.5 Å². The molecular weight excluding hydrogens is 307 g/mol. The van der Waals surface area contributed by atoms with E-state index in [0.29, 0.717) is 0 Å². The maximum Gasteiger partial charge on any atom is 0.524 e. The second kappa shape index (κ2) is 7.07. The predicted molar refractivity (Wildman–Crippen MR) is 67.7 cm³/mol. The Labute approximate surface area is 119 Å². The van der Waals surface area contributed by atoms with Gasteiger partial charge in [0.15, 0.2) is 11.5 Å². The molecule has 21 heavy (non-hydrogen) atoms. The summed E-state index contributed by atoms with van der Waals surface area (Å²) in [6.07, 6.45) is 0. The number of ether oxygens (including phenoxy) is 3. The number of carbonyl (C=O) groups is 2. The van der Waals surface area contributed by atoms with Crippen molar-refractivity contribution in [2.45, 2.75) is 6.92 Å². The van der Waals surface area contributed by atoms with Crippen LogP contribution >= 0.6 is 7.82 Å². The lowest BCUT2D eigenvalue weighted by Gasteiger charge is -2.12. The molecule has 9 nitrogen and oxygen atoms in total. The van der Waals surface area contributed by atoms with Gasteiger partial charge in [0.2, 0.25) is 6.79 Å². The van der Waals surface area contributed by atoms with Crippen molar-refractivity contribution >= 4 is 19.8 Å². The number of benzene rings is 1. The van der Waals surface area contributed by atoms with Gasteiger partial charge in [-0.15, -0.1) is 0 Å². The van der Waals surface area contributed by atoms with Gasteiger partial charge < -0.3 is 18.7 Å². The summed E-state index contributed by atoms with van der Waals surface area (Å²) in [6, 6.07) is 3.52. The summed E-state index contributed by atoms with van der Waals surface area (Å²) in [5.41, 5.74) is 0.0251. The molecule has 0 fully saturated rings. The topological polar surface area (TPSA) is 129 Å². The first-order chi connectivity index (χ1) is 9.73. The molecule has 0 aliphatic heterocycles. The first-order valence-electron chi connectivity index (χ1n) is 5.46. The number of hydrogen-bond acceptors (Lipinski definition) is 7. The lowest BCUT2D eigenvalue weighted by molar-refractivity contribution is -0.149. The fraction of sp³-hybridized carbons (Fsp3) is 0.273. The maximum atomic E-state index is 11.6. The van der Waals surface area contributed by atoms with E-state index in [2.05, 4.69) is 14.0 Å². The van der Waals surface area contributed by atoms with E-state index in [4.69, 9.17) is 14.5 Å². The highest BCUT2D eigenvalue weighted by atomic mass is 31.2. The molecule has 0 aromatic heterocycles. The minimum absolute atomic E-state index is 0.0251. The molecule has 116 valence electrons. The fourth-order valence-electron chi connectivity index (χ4n) is 1.25. The van der Waals surface area contributed by atoms with Gasteiger partial charge in [-0.25, -0.2) is 9.36 Å². The second-order valence-corrected chi connectivity index (χ2v) is 4.80. The van der Waals surface area contributed by atoms with Crippen molar-refractivity contribution < 1.29 is 42.7 Å². The van der Waals surface area contributed by atoms with E-state index in [1.807, 2.05) is 0 Å². The van der Waals surface area contributed by atoms with Gasteiger partial charge in [-0.05, 0) is 18.2 Å². The first-order valence-corrected chi connectivity index (χ1v) is 6.99. The maximum absolute atomic E-state index is 11.6. The molecule has 0 radical (unpaired) electrons. The minimum Gasteiger partial charge on any atom is -0.493 e. The number of carbonyl (C=O) groups excluding carboxylic acids is 2. The summed E-state index contributed by atoms with van der Waals surface area (Å²) in [5, 5.41) is 0. The van der Waals surface area contributed by atoms with Gasteiger partial charge in [0, 0.05) is 6.92 Å². The zero-order valence-electron chi connectivity index (χ0n) is 11.1. The van der Waals surface area contributed by atoms with Crippen LogP contribution in [0.4, 0.5) is 0 Å². The molecule has 0 aliphatic rings. The number of hydrogen-bond donors (Lipinski definition) is 2. The highest BCUT2D eigenvalue weighted by Gasteiger charge is 2.20. The number of rotatable bonds is 6. The summed E-state index contributed by atoms with van der Waals surface area (Å²) < 4.78 is 29.1. The number of methoxy groups -OCH3 is 1. The molecule has 0 atom stereocenters. The van der Waals surface area contributed by atoms with Gasteiger partial charge in [0.1, 0.15) is 0 Å². The molecule has 0 saturated carbocycles. The molecule has 0 spiro atoms. The Morgan fingerprint density at radius 2 is 1.86 bits per heavy atom. The molecule has 0 bridgehead atoms. The van der Waals surface area contributed by atoms with E-state index in [0.717, 1.165) is 13.0 Å².